The van der Waals surface area contributed by atoms with Gasteiger partial charge in [-0.05, 0) is 18.2 Å². The molecule has 0 amide bonds. The van der Waals surface area contributed by atoms with Crippen LogP contribution in [-0.2, 0) is 0 Å². The van der Waals surface area contributed by atoms with Crippen molar-refractivity contribution < 1.29 is 4.74 Å². The molecular weight excluding hydrogens is 216 g/mol. The molecule has 3 N–H and O–H groups in total. The molecule has 2 rings (SSSR count). The van der Waals surface area contributed by atoms with Crippen LogP contribution in [-0.4, -0.2) is 22.8 Å². The van der Waals surface area contributed by atoms with E-state index in [0.29, 0.717) is 17.1 Å². The molecule has 0 fully saturated rings. The van der Waals surface area contributed by atoms with E-state index in [1.165, 1.54) is 7.11 Å². The Morgan fingerprint density at radius 1 is 1.24 bits per heavy atom. The van der Waals surface area contributed by atoms with E-state index >= 15 is 0 Å². The lowest BCUT2D eigenvalue weighted by Gasteiger charge is -2.10. The molecule has 0 aliphatic rings. The third-order valence-corrected chi connectivity index (χ3v) is 2.36. The number of methoxy groups -OCH3 is 1. The lowest BCUT2D eigenvalue weighted by atomic mass is 10.0. The minimum absolute atomic E-state index is 0.273. The first kappa shape index (κ1) is 11.1. The maximum atomic E-state index is 8.13. The van der Waals surface area contributed by atoms with Gasteiger partial charge in [0.1, 0.15) is 0 Å². The fraction of sp³-hybridized carbons (Fsp3) is 0.0833. The van der Waals surface area contributed by atoms with Crippen LogP contribution in [0.4, 0.5) is 5.69 Å². The zero-order chi connectivity index (χ0) is 12.3. The summed E-state index contributed by atoms with van der Waals surface area (Å²) >= 11 is 0. The van der Waals surface area contributed by atoms with Crippen molar-refractivity contribution in [1.29, 1.82) is 5.41 Å². The molecule has 2 heterocycles. The summed E-state index contributed by atoms with van der Waals surface area (Å²) in [7, 11) is 1.51. The lowest BCUT2D eigenvalue weighted by molar-refractivity contribution is 0.397. The van der Waals surface area contributed by atoms with Gasteiger partial charge in [0.2, 0.25) is 5.88 Å². The SMILES string of the molecule is COc1nccc(N)c1C(=N)c1ccncc1. The van der Waals surface area contributed by atoms with Crippen molar-refractivity contribution in [3.63, 3.8) is 0 Å². The monoisotopic (exact) mass is 228 g/mol. The fourth-order valence-electron chi connectivity index (χ4n) is 1.53. The summed E-state index contributed by atoms with van der Waals surface area (Å²) in [5.41, 5.74) is 7.82. The molecule has 0 unspecified atom stereocenters. The molecule has 2 aromatic rings. The van der Waals surface area contributed by atoms with Crippen LogP contribution in [0.15, 0.2) is 36.8 Å². The number of nitrogens with two attached hydrogens (primary N) is 1. The van der Waals surface area contributed by atoms with E-state index in [1.807, 2.05) is 0 Å². The van der Waals surface area contributed by atoms with Crippen molar-refractivity contribution in [3.05, 3.63) is 47.9 Å². The highest BCUT2D eigenvalue weighted by atomic mass is 16.5. The van der Waals surface area contributed by atoms with Crippen LogP contribution in [0.2, 0.25) is 0 Å². The van der Waals surface area contributed by atoms with Crippen LogP contribution >= 0.6 is 0 Å². The Labute approximate surface area is 98.8 Å². The number of pyridine rings is 2. The van der Waals surface area contributed by atoms with Crippen molar-refractivity contribution in [1.82, 2.24) is 9.97 Å². The summed E-state index contributed by atoms with van der Waals surface area (Å²) in [5, 5.41) is 8.13. The first-order chi connectivity index (χ1) is 8.24. The summed E-state index contributed by atoms with van der Waals surface area (Å²) < 4.78 is 5.12. The van der Waals surface area contributed by atoms with Gasteiger partial charge in [0.05, 0.1) is 18.4 Å². The van der Waals surface area contributed by atoms with Crippen LogP contribution in [0.25, 0.3) is 0 Å². The summed E-state index contributed by atoms with van der Waals surface area (Å²) in [5.74, 6) is 0.354. The number of hydrogen-bond donors (Lipinski definition) is 2. The largest absolute Gasteiger partial charge is 0.480 e. The number of nitrogens with one attached hydrogen (secondary N) is 1. The van der Waals surface area contributed by atoms with Gasteiger partial charge in [0.15, 0.2) is 0 Å². The number of aromatic nitrogens is 2. The van der Waals surface area contributed by atoms with Crippen LogP contribution in [0.1, 0.15) is 11.1 Å². The summed E-state index contributed by atoms with van der Waals surface area (Å²) in [4.78, 5) is 7.96. The Kier molecular flexibility index (Phi) is 3.00. The Hall–Kier alpha value is -2.43. The van der Waals surface area contributed by atoms with Gasteiger partial charge in [-0.1, -0.05) is 0 Å². The summed E-state index contributed by atoms with van der Waals surface area (Å²) in [6.07, 6.45) is 4.81. The normalized spacial score (nSPS) is 9.94. The number of ether oxygens (including phenoxy) is 1. The Morgan fingerprint density at radius 2 is 1.94 bits per heavy atom. The minimum atomic E-state index is 0.273. The number of hydrogen-bond acceptors (Lipinski definition) is 5. The summed E-state index contributed by atoms with van der Waals surface area (Å²) in [6, 6.07) is 5.13. The first-order valence-electron chi connectivity index (χ1n) is 5.02. The van der Waals surface area contributed by atoms with Crippen LogP contribution in [0.3, 0.4) is 0 Å². The van der Waals surface area contributed by atoms with Crippen molar-refractivity contribution in [2.45, 2.75) is 0 Å². The van der Waals surface area contributed by atoms with E-state index in [0.717, 1.165) is 5.56 Å². The molecule has 0 saturated carbocycles. The van der Waals surface area contributed by atoms with Crippen LogP contribution in [0, 0.1) is 5.41 Å². The van der Waals surface area contributed by atoms with Gasteiger partial charge in [-0.15, -0.1) is 0 Å². The Morgan fingerprint density at radius 3 is 2.59 bits per heavy atom. The molecule has 0 spiro atoms. The molecule has 5 heteroatoms. The van der Waals surface area contributed by atoms with Gasteiger partial charge < -0.3 is 10.5 Å². The van der Waals surface area contributed by atoms with E-state index in [9.17, 15) is 0 Å². The number of rotatable bonds is 3. The first-order valence-corrected chi connectivity index (χ1v) is 5.02. The fourth-order valence-corrected chi connectivity index (χ4v) is 1.53. The molecule has 0 radical (unpaired) electrons. The molecule has 0 aliphatic carbocycles. The zero-order valence-electron chi connectivity index (χ0n) is 9.34. The van der Waals surface area contributed by atoms with Gasteiger partial charge in [-0.3, -0.25) is 10.4 Å². The standard InChI is InChI=1S/C12H12N4O/c1-17-12-10(9(13)4-7-16-12)11(14)8-2-5-15-6-3-8/h2-7,14H,1H3,(H2,13,16). The lowest BCUT2D eigenvalue weighted by Crippen LogP contribution is -2.09. The smallest absolute Gasteiger partial charge is 0.224 e. The van der Waals surface area contributed by atoms with E-state index in [-0.39, 0.29) is 5.71 Å². The molecule has 0 bridgehead atoms. The van der Waals surface area contributed by atoms with Gasteiger partial charge in [-0.2, -0.15) is 0 Å². The molecule has 0 saturated heterocycles. The Bertz CT molecular complexity index is 539. The maximum absolute atomic E-state index is 8.13. The average Bonchev–Trinajstić information content (AvgIpc) is 2.38. The highest BCUT2D eigenvalue weighted by molar-refractivity contribution is 6.15. The molecule has 0 aliphatic heterocycles. The molecule has 0 aromatic carbocycles. The molecule has 86 valence electrons. The summed E-state index contributed by atoms with van der Waals surface area (Å²) in [6.45, 7) is 0. The molecule has 0 atom stereocenters. The number of nitrogens with zero attached hydrogens (tertiary/aromatic N) is 2. The average molecular weight is 228 g/mol. The highest BCUT2D eigenvalue weighted by Crippen LogP contribution is 2.24. The molecule has 17 heavy (non-hydrogen) atoms. The molecular formula is C12H12N4O. The van der Waals surface area contributed by atoms with Gasteiger partial charge in [-0.25, -0.2) is 4.98 Å². The van der Waals surface area contributed by atoms with Gasteiger partial charge >= 0.3 is 0 Å². The van der Waals surface area contributed by atoms with Crippen molar-refractivity contribution >= 4 is 11.4 Å². The maximum Gasteiger partial charge on any atom is 0.224 e. The van der Waals surface area contributed by atoms with Crippen LogP contribution in [0.5, 0.6) is 5.88 Å². The van der Waals surface area contributed by atoms with Gasteiger partial charge in [0, 0.05) is 29.8 Å². The third-order valence-electron chi connectivity index (χ3n) is 2.36. The topological polar surface area (TPSA) is 84.9 Å². The van der Waals surface area contributed by atoms with E-state index in [1.54, 1.807) is 36.8 Å². The van der Waals surface area contributed by atoms with E-state index < -0.39 is 0 Å². The number of anilines is 1. The van der Waals surface area contributed by atoms with Crippen LogP contribution < -0.4 is 10.5 Å². The Balaban J connectivity index is 2.51. The van der Waals surface area contributed by atoms with Crippen molar-refractivity contribution in [2.24, 2.45) is 0 Å². The quantitative estimate of drug-likeness (QED) is 0.779. The minimum Gasteiger partial charge on any atom is -0.480 e. The highest BCUT2D eigenvalue weighted by Gasteiger charge is 2.15. The predicted molar refractivity (Wildman–Crippen MR) is 65.4 cm³/mol. The zero-order valence-corrected chi connectivity index (χ0v) is 9.34. The van der Waals surface area contributed by atoms with Crippen molar-refractivity contribution in [2.75, 3.05) is 12.8 Å². The predicted octanol–water partition coefficient (Wildman–Crippen LogP) is 1.48. The van der Waals surface area contributed by atoms with E-state index in [2.05, 4.69) is 9.97 Å². The molecule has 5 nitrogen and oxygen atoms in total. The van der Waals surface area contributed by atoms with Gasteiger partial charge in [0.25, 0.3) is 0 Å². The second kappa shape index (κ2) is 4.61. The second-order valence-electron chi connectivity index (χ2n) is 3.40. The number of nitrogen functional groups attached to an aromatic ring is 1. The van der Waals surface area contributed by atoms with Crippen molar-refractivity contribution in [3.8, 4) is 5.88 Å². The van der Waals surface area contributed by atoms with E-state index in [4.69, 9.17) is 15.9 Å². The molecule has 2 aromatic heterocycles. The third kappa shape index (κ3) is 2.08. The second-order valence-corrected chi connectivity index (χ2v) is 3.40.